The Morgan fingerprint density at radius 1 is 1.47 bits per heavy atom. The summed E-state index contributed by atoms with van der Waals surface area (Å²) >= 11 is 0. The second-order valence-electron chi connectivity index (χ2n) is 5.67. The van der Waals surface area contributed by atoms with Gasteiger partial charge in [0.15, 0.2) is 0 Å². The topological polar surface area (TPSA) is 44.4 Å². The lowest BCUT2D eigenvalue weighted by molar-refractivity contribution is -0.126. The summed E-state index contributed by atoms with van der Waals surface area (Å²) in [5.74, 6) is 3.28. The monoisotopic (exact) mass is 263 g/mol. The maximum atomic E-state index is 11.9. The summed E-state index contributed by atoms with van der Waals surface area (Å²) in [5.41, 5.74) is 0. The molecule has 2 saturated heterocycles. The third-order valence-corrected chi connectivity index (χ3v) is 4.53. The predicted octanol–water partition coefficient (Wildman–Crippen LogP) is 0.588. The van der Waals surface area contributed by atoms with Crippen molar-refractivity contribution < 1.29 is 4.79 Å². The van der Waals surface area contributed by atoms with Gasteiger partial charge in [0.2, 0.25) is 5.91 Å². The quantitative estimate of drug-likeness (QED) is 0.730. The van der Waals surface area contributed by atoms with E-state index in [1.165, 1.54) is 32.2 Å². The van der Waals surface area contributed by atoms with Crippen molar-refractivity contribution in [3.63, 3.8) is 0 Å². The highest BCUT2D eigenvalue weighted by Crippen LogP contribution is 2.26. The summed E-state index contributed by atoms with van der Waals surface area (Å²) in [5, 5.41) is 6.37. The Morgan fingerprint density at radius 2 is 2.21 bits per heavy atom. The smallest absolute Gasteiger partial charge is 0.237 e. The molecule has 0 aliphatic carbocycles. The molecular formula is C15H25N3O. The van der Waals surface area contributed by atoms with Gasteiger partial charge in [-0.3, -0.25) is 9.69 Å². The van der Waals surface area contributed by atoms with Gasteiger partial charge in [-0.05, 0) is 58.2 Å². The first-order valence-electron chi connectivity index (χ1n) is 7.41. The average Bonchev–Trinajstić information content (AvgIpc) is 2.98. The van der Waals surface area contributed by atoms with Gasteiger partial charge in [0.05, 0.1) is 12.6 Å². The molecule has 0 aromatic carbocycles. The van der Waals surface area contributed by atoms with Gasteiger partial charge >= 0.3 is 0 Å². The lowest BCUT2D eigenvalue weighted by Gasteiger charge is -2.37. The first kappa shape index (κ1) is 14.4. The number of piperidine rings is 1. The summed E-state index contributed by atoms with van der Waals surface area (Å²) in [6, 6.07) is 0.651. The molecule has 1 amide bonds. The molecule has 2 atom stereocenters. The number of carbonyl (C=O) groups is 1. The highest BCUT2D eigenvalue weighted by atomic mass is 16.2. The Morgan fingerprint density at radius 3 is 2.79 bits per heavy atom. The van der Waals surface area contributed by atoms with Crippen molar-refractivity contribution in [1.29, 1.82) is 0 Å². The van der Waals surface area contributed by atoms with Gasteiger partial charge < -0.3 is 10.6 Å². The van der Waals surface area contributed by atoms with E-state index in [4.69, 9.17) is 6.42 Å². The lowest BCUT2D eigenvalue weighted by atomic mass is 9.88. The third-order valence-electron chi connectivity index (χ3n) is 4.53. The van der Waals surface area contributed by atoms with Gasteiger partial charge in [-0.1, -0.05) is 5.92 Å². The fourth-order valence-electron chi connectivity index (χ4n) is 3.27. The predicted molar refractivity (Wildman–Crippen MR) is 76.6 cm³/mol. The molecule has 2 rings (SSSR count). The van der Waals surface area contributed by atoms with Crippen LogP contribution in [0.2, 0.25) is 0 Å². The molecule has 0 aromatic heterocycles. The largest absolute Gasteiger partial charge is 0.344 e. The van der Waals surface area contributed by atoms with Crippen LogP contribution in [-0.4, -0.2) is 49.1 Å². The molecule has 2 aliphatic heterocycles. The summed E-state index contributed by atoms with van der Waals surface area (Å²) in [6.07, 6.45) is 10.2. The number of hydrogen-bond acceptors (Lipinski definition) is 3. The normalized spacial score (nSPS) is 26.8. The van der Waals surface area contributed by atoms with Crippen molar-refractivity contribution in [2.24, 2.45) is 5.92 Å². The minimum absolute atomic E-state index is 0.0513. The number of rotatable bonds is 4. The van der Waals surface area contributed by atoms with E-state index in [-0.39, 0.29) is 11.9 Å². The number of carbonyl (C=O) groups excluding carboxylic acids is 1. The van der Waals surface area contributed by atoms with Gasteiger partial charge in [-0.25, -0.2) is 0 Å². The number of hydrogen-bond donors (Lipinski definition) is 2. The van der Waals surface area contributed by atoms with Crippen LogP contribution in [0.25, 0.3) is 0 Å². The maximum absolute atomic E-state index is 11.9. The van der Waals surface area contributed by atoms with E-state index in [1.54, 1.807) is 0 Å². The highest BCUT2D eigenvalue weighted by molar-refractivity contribution is 5.81. The van der Waals surface area contributed by atoms with Crippen LogP contribution < -0.4 is 10.6 Å². The van der Waals surface area contributed by atoms with Crippen molar-refractivity contribution in [2.75, 3.05) is 26.2 Å². The minimum atomic E-state index is -0.0640. The molecule has 2 unspecified atom stereocenters. The van der Waals surface area contributed by atoms with Crippen molar-refractivity contribution in [1.82, 2.24) is 15.5 Å². The molecule has 19 heavy (non-hydrogen) atoms. The minimum Gasteiger partial charge on any atom is -0.344 e. The SMILES string of the molecule is C#CCNC(=O)C(C)N1CCC(C2CCCN2)CC1. The van der Waals surface area contributed by atoms with Crippen LogP contribution in [0.4, 0.5) is 0 Å². The number of terminal acetylenes is 1. The van der Waals surface area contributed by atoms with Crippen LogP contribution in [0.3, 0.4) is 0 Å². The molecule has 0 radical (unpaired) electrons. The first-order chi connectivity index (χ1) is 9.22. The second kappa shape index (κ2) is 6.93. The van der Waals surface area contributed by atoms with E-state index in [0.717, 1.165) is 19.0 Å². The third kappa shape index (κ3) is 3.71. The molecule has 0 spiro atoms. The molecule has 0 bridgehead atoms. The standard InChI is InChI=1S/C15H25N3O/c1-3-8-17-15(19)12(2)18-10-6-13(7-11-18)14-5-4-9-16-14/h1,12-14,16H,4-11H2,2H3,(H,17,19). The van der Waals surface area contributed by atoms with E-state index in [1.807, 2.05) is 6.92 Å². The zero-order chi connectivity index (χ0) is 13.7. The Balaban J connectivity index is 1.75. The van der Waals surface area contributed by atoms with E-state index in [9.17, 15) is 4.79 Å². The van der Waals surface area contributed by atoms with Gasteiger partial charge in [-0.2, -0.15) is 0 Å². The molecule has 2 fully saturated rings. The van der Waals surface area contributed by atoms with Gasteiger partial charge in [-0.15, -0.1) is 6.42 Å². The van der Waals surface area contributed by atoms with Crippen LogP contribution in [0.5, 0.6) is 0 Å². The number of likely N-dealkylation sites (tertiary alicyclic amines) is 1. The Labute approximate surface area is 116 Å². The average molecular weight is 263 g/mol. The van der Waals surface area contributed by atoms with Crippen molar-refractivity contribution in [3.8, 4) is 12.3 Å². The number of amides is 1. The summed E-state index contributed by atoms with van der Waals surface area (Å²) in [6.45, 7) is 5.52. The molecule has 0 aromatic rings. The van der Waals surface area contributed by atoms with Gasteiger partial charge in [0.25, 0.3) is 0 Å². The molecule has 4 heteroatoms. The van der Waals surface area contributed by atoms with Gasteiger partial charge in [0, 0.05) is 6.04 Å². The molecule has 2 heterocycles. The van der Waals surface area contributed by atoms with Crippen LogP contribution in [0.1, 0.15) is 32.6 Å². The summed E-state index contributed by atoms with van der Waals surface area (Å²) in [7, 11) is 0. The summed E-state index contributed by atoms with van der Waals surface area (Å²) in [4.78, 5) is 14.2. The van der Waals surface area contributed by atoms with Crippen molar-refractivity contribution >= 4 is 5.91 Å². The number of nitrogens with zero attached hydrogens (tertiary/aromatic N) is 1. The van der Waals surface area contributed by atoms with Gasteiger partial charge in [0.1, 0.15) is 0 Å². The van der Waals surface area contributed by atoms with Crippen LogP contribution in [0.15, 0.2) is 0 Å². The van der Waals surface area contributed by atoms with Crippen LogP contribution in [0, 0.1) is 18.3 Å². The van der Waals surface area contributed by atoms with E-state index < -0.39 is 0 Å². The Bertz CT molecular complexity index is 336. The Kier molecular flexibility index (Phi) is 5.24. The van der Waals surface area contributed by atoms with Crippen molar-refractivity contribution in [3.05, 3.63) is 0 Å². The van der Waals surface area contributed by atoms with E-state index in [0.29, 0.717) is 12.6 Å². The lowest BCUT2D eigenvalue weighted by Crippen LogP contribution is -2.50. The second-order valence-corrected chi connectivity index (χ2v) is 5.67. The Hall–Kier alpha value is -1.05. The van der Waals surface area contributed by atoms with E-state index >= 15 is 0 Å². The first-order valence-corrected chi connectivity index (χ1v) is 7.41. The fourth-order valence-corrected chi connectivity index (χ4v) is 3.27. The molecule has 106 valence electrons. The number of nitrogens with one attached hydrogen (secondary N) is 2. The fraction of sp³-hybridized carbons (Fsp3) is 0.800. The van der Waals surface area contributed by atoms with E-state index in [2.05, 4.69) is 21.5 Å². The maximum Gasteiger partial charge on any atom is 0.237 e. The zero-order valence-corrected chi connectivity index (χ0v) is 11.8. The summed E-state index contributed by atoms with van der Waals surface area (Å²) < 4.78 is 0. The highest BCUT2D eigenvalue weighted by Gasteiger charge is 2.31. The van der Waals surface area contributed by atoms with Crippen LogP contribution >= 0.6 is 0 Å². The molecule has 2 aliphatic rings. The molecule has 0 saturated carbocycles. The van der Waals surface area contributed by atoms with Crippen LogP contribution in [-0.2, 0) is 4.79 Å². The molecule has 4 nitrogen and oxygen atoms in total. The zero-order valence-electron chi connectivity index (χ0n) is 11.8. The van der Waals surface area contributed by atoms with Crippen molar-refractivity contribution in [2.45, 2.75) is 44.7 Å². The molecule has 2 N–H and O–H groups in total. The molecular weight excluding hydrogens is 238 g/mol.